The molecular formula is C9H14N4OS. The molecule has 0 atom stereocenters. The largest absolute Gasteiger partial charge is 0.359 e. The number of aromatic nitrogens is 2. The van der Waals surface area contributed by atoms with E-state index in [0.717, 1.165) is 10.9 Å². The second-order valence-corrected chi connectivity index (χ2v) is 5.03. The summed E-state index contributed by atoms with van der Waals surface area (Å²) in [7, 11) is 0. The van der Waals surface area contributed by atoms with Crippen molar-refractivity contribution in [2.24, 2.45) is 4.99 Å². The summed E-state index contributed by atoms with van der Waals surface area (Å²) in [5.74, 6) is 1.70. The Morgan fingerprint density at radius 1 is 1.67 bits per heavy atom. The lowest BCUT2D eigenvalue weighted by atomic mass is 10.1. The van der Waals surface area contributed by atoms with Crippen molar-refractivity contribution in [1.82, 2.24) is 15.5 Å². The summed E-state index contributed by atoms with van der Waals surface area (Å²) in [6.07, 6.45) is 2.11. The van der Waals surface area contributed by atoms with Gasteiger partial charge in [-0.3, -0.25) is 4.99 Å². The molecule has 0 radical (unpaired) electrons. The number of thioether (sulfide) groups is 1. The molecule has 0 bridgehead atoms. The third kappa shape index (κ3) is 2.95. The van der Waals surface area contributed by atoms with E-state index in [9.17, 15) is 0 Å². The minimum Gasteiger partial charge on any atom is -0.359 e. The lowest BCUT2D eigenvalue weighted by Crippen LogP contribution is -2.36. The molecule has 0 unspecified atom stereocenters. The molecule has 0 aliphatic carbocycles. The molecule has 15 heavy (non-hydrogen) atoms. The molecule has 1 aromatic heterocycles. The molecule has 2 rings (SSSR count). The molecule has 0 aromatic carbocycles. The molecule has 0 spiro atoms. The zero-order valence-corrected chi connectivity index (χ0v) is 9.67. The maximum atomic E-state index is 4.88. The molecule has 1 saturated heterocycles. The maximum absolute atomic E-state index is 4.88. The van der Waals surface area contributed by atoms with Gasteiger partial charge in [0, 0.05) is 17.7 Å². The van der Waals surface area contributed by atoms with E-state index in [2.05, 4.69) is 34.3 Å². The van der Waals surface area contributed by atoms with Crippen LogP contribution in [0.25, 0.3) is 0 Å². The van der Waals surface area contributed by atoms with Gasteiger partial charge in [-0.2, -0.15) is 4.98 Å². The van der Waals surface area contributed by atoms with Crippen LogP contribution >= 0.6 is 11.8 Å². The Balaban J connectivity index is 1.80. The van der Waals surface area contributed by atoms with Crippen molar-refractivity contribution in [3.8, 4) is 0 Å². The topological polar surface area (TPSA) is 63.3 Å². The zero-order valence-electron chi connectivity index (χ0n) is 8.86. The summed E-state index contributed by atoms with van der Waals surface area (Å²) in [5.41, 5.74) is 0.161. The quantitative estimate of drug-likeness (QED) is 0.835. The number of rotatable bonds is 3. The highest BCUT2D eigenvalue weighted by molar-refractivity contribution is 8.14. The van der Waals surface area contributed by atoms with E-state index in [1.807, 2.05) is 0 Å². The van der Waals surface area contributed by atoms with Crippen LogP contribution in [-0.4, -0.2) is 33.1 Å². The van der Waals surface area contributed by atoms with Gasteiger partial charge in [0.15, 0.2) is 11.5 Å². The number of aliphatic imine (C=N–C) groups is 1. The van der Waals surface area contributed by atoms with Gasteiger partial charge in [0.1, 0.15) is 0 Å². The van der Waals surface area contributed by atoms with Crippen LogP contribution in [0.5, 0.6) is 0 Å². The number of nitrogens with zero attached hydrogens (tertiary/aromatic N) is 3. The van der Waals surface area contributed by atoms with Crippen molar-refractivity contribution < 1.29 is 4.52 Å². The van der Waals surface area contributed by atoms with Crippen LogP contribution in [0.1, 0.15) is 19.7 Å². The molecule has 1 aromatic rings. The van der Waals surface area contributed by atoms with Gasteiger partial charge < -0.3 is 9.84 Å². The summed E-state index contributed by atoms with van der Waals surface area (Å²) >= 11 is 1.76. The summed E-state index contributed by atoms with van der Waals surface area (Å²) in [6, 6.07) is 0. The van der Waals surface area contributed by atoms with Crippen LogP contribution in [-0.2, 0) is 6.42 Å². The van der Waals surface area contributed by atoms with Gasteiger partial charge >= 0.3 is 0 Å². The van der Waals surface area contributed by atoms with Crippen LogP contribution in [0.2, 0.25) is 0 Å². The Hall–Kier alpha value is -1.04. The van der Waals surface area contributed by atoms with E-state index >= 15 is 0 Å². The Kier molecular flexibility index (Phi) is 2.95. The van der Waals surface area contributed by atoms with Crippen molar-refractivity contribution >= 4 is 16.9 Å². The van der Waals surface area contributed by atoms with E-state index in [1.165, 1.54) is 6.33 Å². The average molecular weight is 226 g/mol. The van der Waals surface area contributed by atoms with Gasteiger partial charge in [-0.05, 0) is 13.8 Å². The molecular weight excluding hydrogens is 212 g/mol. The van der Waals surface area contributed by atoms with Crippen molar-refractivity contribution in [3.63, 3.8) is 0 Å². The molecule has 1 aliphatic heterocycles. The van der Waals surface area contributed by atoms with Gasteiger partial charge in [0.05, 0.1) is 6.54 Å². The zero-order chi connectivity index (χ0) is 10.7. The van der Waals surface area contributed by atoms with Crippen molar-refractivity contribution in [2.45, 2.75) is 25.8 Å². The van der Waals surface area contributed by atoms with E-state index in [4.69, 9.17) is 4.52 Å². The summed E-state index contributed by atoms with van der Waals surface area (Å²) in [6.45, 7) is 5.02. The molecule has 0 amide bonds. The molecule has 1 N–H and O–H groups in total. The first-order valence-electron chi connectivity index (χ1n) is 4.87. The smallest absolute Gasteiger partial charge is 0.228 e. The highest BCUT2D eigenvalue weighted by Crippen LogP contribution is 2.21. The first-order chi connectivity index (χ1) is 7.16. The third-order valence-electron chi connectivity index (χ3n) is 2.00. The predicted octanol–water partition coefficient (Wildman–Crippen LogP) is 1.08. The SMILES string of the molecule is CC1(C)CSC(=NCCc2ncno2)N1. The standard InChI is InChI=1S/C9H14N4OS/c1-9(2)5-15-8(13-9)10-4-3-7-11-6-12-14-7/h6H,3-5H2,1-2H3,(H,10,13). The van der Waals surface area contributed by atoms with Gasteiger partial charge in [0.25, 0.3) is 0 Å². The van der Waals surface area contributed by atoms with Gasteiger partial charge in [-0.15, -0.1) is 0 Å². The Bertz CT molecular complexity index is 347. The average Bonchev–Trinajstić information content (AvgIpc) is 2.76. The minimum absolute atomic E-state index is 0.161. The molecule has 5 nitrogen and oxygen atoms in total. The summed E-state index contributed by atoms with van der Waals surface area (Å²) in [4.78, 5) is 8.37. The van der Waals surface area contributed by atoms with Crippen molar-refractivity contribution in [1.29, 1.82) is 0 Å². The van der Waals surface area contributed by atoms with Crippen LogP contribution in [0.15, 0.2) is 15.8 Å². The maximum Gasteiger partial charge on any atom is 0.228 e. The van der Waals surface area contributed by atoms with E-state index < -0.39 is 0 Å². The monoisotopic (exact) mass is 226 g/mol. The van der Waals surface area contributed by atoms with Crippen molar-refractivity contribution in [2.75, 3.05) is 12.3 Å². The lowest BCUT2D eigenvalue weighted by molar-refractivity contribution is 0.379. The molecule has 82 valence electrons. The normalized spacial score (nSPS) is 21.9. The number of hydrogen-bond acceptors (Lipinski definition) is 5. The number of hydrogen-bond donors (Lipinski definition) is 1. The summed E-state index contributed by atoms with van der Waals surface area (Å²) < 4.78 is 4.88. The fourth-order valence-electron chi connectivity index (χ4n) is 1.25. The Morgan fingerprint density at radius 2 is 2.53 bits per heavy atom. The third-order valence-corrected chi connectivity index (χ3v) is 3.37. The minimum atomic E-state index is 0.161. The van der Waals surface area contributed by atoms with Crippen LogP contribution in [0, 0.1) is 0 Å². The molecule has 1 aliphatic rings. The first kappa shape index (κ1) is 10.5. The fraction of sp³-hybridized carbons (Fsp3) is 0.667. The van der Waals surface area contributed by atoms with Crippen LogP contribution in [0.3, 0.4) is 0 Å². The second-order valence-electron chi connectivity index (χ2n) is 4.07. The molecule has 0 saturated carbocycles. The molecule has 2 heterocycles. The molecule has 6 heteroatoms. The second kappa shape index (κ2) is 4.22. The molecule has 1 fully saturated rings. The lowest BCUT2D eigenvalue weighted by Gasteiger charge is -2.15. The predicted molar refractivity (Wildman–Crippen MR) is 60.0 cm³/mol. The van der Waals surface area contributed by atoms with E-state index in [-0.39, 0.29) is 5.54 Å². The number of amidine groups is 1. The highest BCUT2D eigenvalue weighted by Gasteiger charge is 2.26. The Labute approximate surface area is 92.7 Å². The van der Waals surface area contributed by atoms with Crippen LogP contribution in [0.4, 0.5) is 0 Å². The van der Waals surface area contributed by atoms with Crippen LogP contribution < -0.4 is 5.32 Å². The van der Waals surface area contributed by atoms with E-state index in [1.54, 1.807) is 11.8 Å². The van der Waals surface area contributed by atoms with Gasteiger partial charge in [-0.1, -0.05) is 16.9 Å². The van der Waals surface area contributed by atoms with Crippen molar-refractivity contribution in [3.05, 3.63) is 12.2 Å². The number of nitrogens with one attached hydrogen (secondary N) is 1. The van der Waals surface area contributed by atoms with E-state index in [0.29, 0.717) is 18.9 Å². The highest BCUT2D eigenvalue weighted by atomic mass is 32.2. The van der Waals surface area contributed by atoms with Gasteiger partial charge in [-0.25, -0.2) is 0 Å². The fourth-order valence-corrected chi connectivity index (χ4v) is 2.36. The summed E-state index contributed by atoms with van der Waals surface area (Å²) in [5, 5.41) is 7.91. The van der Waals surface area contributed by atoms with Gasteiger partial charge in [0.2, 0.25) is 5.89 Å². The Morgan fingerprint density at radius 3 is 3.13 bits per heavy atom. The first-order valence-corrected chi connectivity index (χ1v) is 5.85.